The number of oxazole rings is 1. The van der Waals surface area contributed by atoms with E-state index in [1.54, 1.807) is 6.20 Å². The summed E-state index contributed by atoms with van der Waals surface area (Å²) in [5.41, 5.74) is 2.44. The number of H-pyrrole nitrogens is 1. The van der Waals surface area contributed by atoms with E-state index in [0.29, 0.717) is 24.1 Å². The van der Waals surface area contributed by atoms with E-state index >= 15 is 0 Å². The average molecular weight is 409 g/mol. The number of nitrogens with one attached hydrogen (secondary N) is 1. The summed E-state index contributed by atoms with van der Waals surface area (Å²) in [7, 11) is 2.12. The molecule has 1 aliphatic heterocycles. The lowest BCUT2D eigenvalue weighted by Gasteiger charge is -2.31. The average Bonchev–Trinajstić information content (AvgIpc) is 3.40. The Hall–Kier alpha value is -2.60. The summed E-state index contributed by atoms with van der Waals surface area (Å²) in [6.07, 6.45) is 8.40. The molecule has 4 rings (SSSR count). The molecule has 6 nitrogen and oxygen atoms in total. The lowest BCUT2D eigenvalue weighted by atomic mass is 9.89. The Kier molecular flexibility index (Phi) is 6.53. The van der Waals surface area contributed by atoms with Gasteiger partial charge in [-0.3, -0.25) is 4.79 Å². The first-order valence-electron chi connectivity index (χ1n) is 11.1. The van der Waals surface area contributed by atoms with Gasteiger partial charge in [-0.2, -0.15) is 0 Å². The summed E-state index contributed by atoms with van der Waals surface area (Å²) in [6, 6.07) is 8.94. The van der Waals surface area contributed by atoms with Crippen LogP contribution in [0.5, 0.6) is 0 Å². The lowest BCUT2D eigenvalue weighted by Crippen LogP contribution is -2.44. The van der Waals surface area contributed by atoms with Gasteiger partial charge in [-0.25, -0.2) is 4.98 Å². The van der Waals surface area contributed by atoms with Gasteiger partial charge in [-0.1, -0.05) is 38.0 Å². The number of hydrogen-bond donors (Lipinski definition) is 1. The predicted molar refractivity (Wildman–Crippen MR) is 120 cm³/mol. The molecule has 0 spiro atoms. The van der Waals surface area contributed by atoms with Crippen LogP contribution in [-0.4, -0.2) is 53.9 Å². The SMILES string of the molecule is CCCCC(CC(=O)c1cnc(N2CCN(C)CC2)o1)Cc1c[nH]c2ccccc12. The third-order valence-corrected chi connectivity index (χ3v) is 6.17. The van der Waals surface area contributed by atoms with Crippen LogP contribution in [0.3, 0.4) is 0 Å². The van der Waals surface area contributed by atoms with Crippen LogP contribution < -0.4 is 4.90 Å². The number of para-hydroxylation sites is 1. The number of likely N-dealkylation sites (N-methyl/N-ethyl adjacent to an activating group) is 1. The Morgan fingerprint density at radius 3 is 2.83 bits per heavy atom. The molecule has 160 valence electrons. The molecule has 0 radical (unpaired) electrons. The van der Waals surface area contributed by atoms with Gasteiger partial charge < -0.3 is 19.2 Å². The highest BCUT2D eigenvalue weighted by Crippen LogP contribution is 2.27. The quantitative estimate of drug-likeness (QED) is 0.527. The van der Waals surface area contributed by atoms with E-state index in [-0.39, 0.29) is 5.78 Å². The number of benzene rings is 1. The molecule has 1 fully saturated rings. The summed E-state index contributed by atoms with van der Waals surface area (Å²) in [6.45, 7) is 5.92. The van der Waals surface area contributed by atoms with Crippen LogP contribution in [0.15, 0.2) is 41.1 Å². The topological polar surface area (TPSA) is 65.4 Å². The zero-order chi connectivity index (χ0) is 20.9. The van der Waals surface area contributed by atoms with E-state index < -0.39 is 0 Å². The first-order chi connectivity index (χ1) is 14.6. The number of aromatic amines is 1. The molecule has 1 atom stereocenters. The van der Waals surface area contributed by atoms with Gasteiger partial charge in [0, 0.05) is 49.7 Å². The Balaban J connectivity index is 1.43. The van der Waals surface area contributed by atoms with Crippen molar-refractivity contribution in [1.29, 1.82) is 0 Å². The summed E-state index contributed by atoms with van der Waals surface area (Å²) >= 11 is 0. The van der Waals surface area contributed by atoms with Crippen molar-refractivity contribution >= 4 is 22.7 Å². The van der Waals surface area contributed by atoms with Gasteiger partial charge in [0.1, 0.15) is 0 Å². The van der Waals surface area contributed by atoms with Crippen LogP contribution >= 0.6 is 0 Å². The molecule has 0 saturated carbocycles. The zero-order valence-corrected chi connectivity index (χ0v) is 18.1. The minimum Gasteiger partial charge on any atom is -0.420 e. The summed E-state index contributed by atoms with van der Waals surface area (Å²) in [5.74, 6) is 0.752. The smallest absolute Gasteiger partial charge is 0.297 e. The number of piperazine rings is 1. The fraction of sp³-hybridized carbons (Fsp3) is 0.500. The lowest BCUT2D eigenvalue weighted by molar-refractivity contribution is 0.0931. The monoisotopic (exact) mass is 408 g/mol. The number of fused-ring (bicyclic) bond motifs is 1. The second kappa shape index (κ2) is 9.47. The van der Waals surface area contributed by atoms with Gasteiger partial charge in [-0.15, -0.1) is 0 Å². The number of aromatic nitrogens is 2. The van der Waals surface area contributed by atoms with E-state index in [1.807, 2.05) is 6.07 Å². The van der Waals surface area contributed by atoms with Crippen molar-refractivity contribution in [3.63, 3.8) is 0 Å². The van der Waals surface area contributed by atoms with Crippen molar-refractivity contribution in [3.05, 3.63) is 48.0 Å². The number of hydrogen-bond acceptors (Lipinski definition) is 5. The molecule has 6 heteroatoms. The van der Waals surface area contributed by atoms with E-state index in [1.165, 1.54) is 10.9 Å². The minimum atomic E-state index is 0.0591. The van der Waals surface area contributed by atoms with Gasteiger partial charge in [0.15, 0.2) is 11.5 Å². The summed E-state index contributed by atoms with van der Waals surface area (Å²) in [5, 5.41) is 1.25. The highest BCUT2D eigenvalue weighted by molar-refractivity contribution is 5.93. The van der Waals surface area contributed by atoms with Gasteiger partial charge in [0.05, 0.1) is 6.20 Å². The van der Waals surface area contributed by atoms with Gasteiger partial charge in [0.2, 0.25) is 0 Å². The maximum atomic E-state index is 13.0. The van der Waals surface area contributed by atoms with Crippen molar-refractivity contribution < 1.29 is 9.21 Å². The Bertz CT molecular complexity index is 968. The van der Waals surface area contributed by atoms with Crippen molar-refractivity contribution in [3.8, 4) is 0 Å². The zero-order valence-electron chi connectivity index (χ0n) is 18.1. The number of ketones is 1. The van der Waals surface area contributed by atoms with E-state index in [4.69, 9.17) is 4.42 Å². The second-order valence-corrected chi connectivity index (χ2v) is 8.50. The van der Waals surface area contributed by atoms with Crippen molar-refractivity contribution in [2.45, 2.75) is 39.0 Å². The van der Waals surface area contributed by atoms with Gasteiger partial charge in [0.25, 0.3) is 6.01 Å². The highest BCUT2D eigenvalue weighted by Gasteiger charge is 2.23. The van der Waals surface area contributed by atoms with Crippen LogP contribution in [0.2, 0.25) is 0 Å². The minimum absolute atomic E-state index is 0.0591. The van der Waals surface area contributed by atoms with E-state index in [2.05, 4.69) is 58.1 Å². The molecular formula is C24H32N4O2. The Morgan fingerprint density at radius 2 is 2.03 bits per heavy atom. The number of unbranched alkanes of at least 4 members (excludes halogenated alkanes) is 1. The van der Waals surface area contributed by atoms with Crippen LogP contribution in [0.4, 0.5) is 6.01 Å². The fourth-order valence-electron chi connectivity index (χ4n) is 4.28. The largest absolute Gasteiger partial charge is 0.420 e. The molecule has 30 heavy (non-hydrogen) atoms. The third-order valence-electron chi connectivity index (χ3n) is 6.17. The molecule has 1 unspecified atom stereocenters. The van der Waals surface area contributed by atoms with E-state index in [9.17, 15) is 4.79 Å². The van der Waals surface area contributed by atoms with Crippen molar-refractivity contribution in [1.82, 2.24) is 14.9 Å². The molecular weight excluding hydrogens is 376 g/mol. The number of carbonyl (C=O) groups excluding carboxylic acids is 1. The van der Waals surface area contributed by atoms with Crippen LogP contribution in [0.1, 0.15) is 48.7 Å². The first-order valence-corrected chi connectivity index (χ1v) is 11.1. The Labute approximate surface area is 178 Å². The highest BCUT2D eigenvalue weighted by atomic mass is 16.4. The van der Waals surface area contributed by atoms with Crippen LogP contribution in [0.25, 0.3) is 10.9 Å². The Morgan fingerprint density at radius 1 is 1.23 bits per heavy atom. The van der Waals surface area contributed by atoms with Crippen LogP contribution in [0, 0.1) is 5.92 Å². The van der Waals surface area contributed by atoms with E-state index in [0.717, 1.165) is 57.4 Å². The number of Topliss-reactive ketones (excluding diaryl/α,β-unsaturated/α-hetero) is 1. The van der Waals surface area contributed by atoms with Gasteiger partial charge in [-0.05, 0) is 37.4 Å². The molecule has 2 aromatic heterocycles. The first kappa shape index (κ1) is 20.7. The van der Waals surface area contributed by atoms with Crippen LogP contribution in [-0.2, 0) is 6.42 Å². The summed E-state index contributed by atoms with van der Waals surface area (Å²) < 4.78 is 5.87. The molecule has 3 aromatic rings. The molecule has 1 aromatic carbocycles. The molecule has 3 heterocycles. The number of carbonyl (C=O) groups is 1. The predicted octanol–water partition coefficient (Wildman–Crippen LogP) is 4.53. The molecule has 0 aliphatic carbocycles. The fourth-order valence-corrected chi connectivity index (χ4v) is 4.28. The number of anilines is 1. The molecule has 0 bridgehead atoms. The maximum Gasteiger partial charge on any atom is 0.297 e. The molecule has 1 aliphatic rings. The molecule has 0 amide bonds. The van der Waals surface area contributed by atoms with Crippen molar-refractivity contribution in [2.75, 3.05) is 38.1 Å². The van der Waals surface area contributed by atoms with Crippen molar-refractivity contribution in [2.24, 2.45) is 5.92 Å². The maximum absolute atomic E-state index is 13.0. The normalized spacial score (nSPS) is 16.3. The molecule has 1 saturated heterocycles. The third kappa shape index (κ3) is 4.75. The summed E-state index contributed by atoms with van der Waals surface area (Å²) in [4.78, 5) is 25.1. The number of nitrogens with zero attached hydrogens (tertiary/aromatic N) is 3. The van der Waals surface area contributed by atoms with Gasteiger partial charge >= 0.3 is 0 Å². The number of rotatable bonds is 9. The standard InChI is InChI=1S/C24H32N4O2/c1-3-4-7-18(14-19-16-25-21-9-6-5-8-20(19)21)15-22(29)23-17-26-24(30-23)28-12-10-27(2)11-13-28/h5-6,8-9,16-18,25H,3-4,7,10-15H2,1-2H3. The second-order valence-electron chi connectivity index (χ2n) is 8.50. The molecule has 1 N–H and O–H groups in total.